The monoisotopic (exact) mass is 251 g/mol. The zero-order chi connectivity index (χ0) is 13.2. The standard InChI is InChI=1S/C12H21N5O/c1-9-7-10(16-13)15-11(14-9)8-17-5-3-12(2,18)4-6-17/h7,18H,3-6,8,13H2,1-2H3,(H,14,15,16). The van der Waals surface area contributed by atoms with Crippen LogP contribution in [0.3, 0.4) is 0 Å². The summed E-state index contributed by atoms with van der Waals surface area (Å²) in [6, 6.07) is 1.81. The number of hydrogen-bond donors (Lipinski definition) is 3. The molecule has 1 aromatic rings. The van der Waals surface area contributed by atoms with E-state index in [2.05, 4.69) is 20.3 Å². The zero-order valence-corrected chi connectivity index (χ0v) is 11.0. The molecule has 1 aliphatic heterocycles. The fraction of sp³-hybridized carbons (Fsp3) is 0.667. The topological polar surface area (TPSA) is 87.3 Å². The normalized spacial score (nSPS) is 19.8. The van der Waals surface area contributed by atoms with Crippen molar-refractivity contribution < 1.29 is 5.11 Å². The van der Waals surface area contributed by atoms with Crippen LogP contribution in [0.15, 0.2) is 6.07 Å². The molecule has 1 fully saturated rings. The Bertz CT molecular complexity index is 411. The van der Waals surface area contributed by atoms with Gasteiger partial charge in [-0.25, -0.2) is 15.8 Å². The number of piperidine rings is 1. The van der Waals surface area contributed by atoms with Crippen molar-refractivity contribution in [3.8, 4) is 0 Å². The van der Waals surface area contributed by atoms with Crippen molar-refractivity contribution in [1.82, 2.24) is 14.9 Å². The molecule has 0 spiro atoms. The quantitative estimate of drug-likeness (QED) is 0.533. The van der Waals surface area contributed by atoms with Gasteiger partial charge in [-0.2, -0.15) is 0 Å². The summed E-state index contributed by atoms with van der Waals surface area (Å²) in [6.45, 7) is 6.26. The second-order valence-electron chi connectivity index (χ2n) is 5.23. The number of aromatic nitrogens is 2. The molecule has 0 amide bonds. The number of likely N-dealkylation sites (tertiary alicyclic amines) is 1. The van der Waals surface area contributed by atoms with Crippen molar-refractivity contribution >= 4 is 5.82 Å². The van der Waals surface area contributed by atoms with Gasteiger partial charge < -0.3 is 10.5 Å². The van der Waals surface area contributed by atoms with E-state index < -0.39 is 5.60 Å². The Morgan fingerprint density at radius 3 is 2.72 bits per heavy atom. The fourth-order valence-corrected chi connectivity index (χ4v) is 2.17. The first kappa shape index (κ1) is 13.2. The molecule has 100 valence electrons. The van der Waals surface area contributed by atoms with Crippen LogP contribution in [0.5, 0.6) is 0 Å². The largest absolute Gasteiger partial charge is 0.390 e. The summed E-state index contributed by atoms with van der Waals surface area (Å²) >= 11 is 0. The molecule has 1 saturated heterocycles. The zero-order valence-electron chi connectivity index (χ0n) is 11.0. The van der Waals surface area contributed by atoms with Crippen LogP contribution in [0.25, 0.3) is 0 Å². The van der Waals surface area contributed by atoms with Crippen LogP contribution in [0, 0.1) is 6.92 Å². The fourth-order valence-electron chi connectivity index (χ4n) is 2.17. The molecule has 2 heterocycles. The number of rotatable bonds is 3. The molecule has 0 saturated carbocycles. The molecule has 1 aliphatic rings. The van der Waals surface area contributed by atoms with Crippen LogP contribution >= 0.6 is 0 Å². The smallest absolute Gasteiger partial charge is 0.145 e. The van der Waals surface area contributed by atoms with Crippen LogP contribution < -0.4 is 11.3 Å². The van der Waals surface area contributed by atoms with Gasteiger partial charge in [-0.05, 0) is 26.7 Å². The number of nitrogen functional groups attached to an aromatic ring is 1. The van der Waals surface area contributed by atoms with E-state index in [-0.39, 0.29) is 0 Å². The Hall–Kier alpha value is -1.24. The minimum absolute atomic E-state index is 0.520. The SMILES string of the molecule is Cc1cc(NN)nc(CN2CCC(C)(O)CC2)n1. The van der Waals surface area contributed by atoms with Gasteiger partial charge >= 0.3 is 0 Å². The molecule has 0 atom stereocenters. The predicted molar refractivity (Wildman–Crippen MR) is 69.7 cm³/mol. The third-order valence-electron chi connectivity index (χ3n) is 3.35. The maximum atomic E-state index is 9.90. The second kappa shape index (κ2) is 5.17. The van der Waals surface area contributed by atoms with Gasteiger partial charge in [0.05, 0.1) is 12.1 Å². The van der Waals surface area contributed by atoms with E-state index in [1.807, 2.05) is 19.9 Å². The van der Waals surface area contributed by atoms with E-state index in [1.165, 1.54) is 0 Å². The van der Waals surface area contributed by atoms with Gasteiger partial charge in [-0.3, -0.25) is 4.90 Å². The first-order valence-corrected chi connectivity index (χ1v) is 6.24. The van der Waals surface area contributed by atoms with Crippen LogP contribution in [0.4, 0.5) is 5.82 Å². The maximum absolute atomic E-state index is 9.90. The summed E-state index contributed by atoms with van der Waals surface area (Å²) in [5.41, 5.74) is 2.93. The Labute approximate surface area is 107 Å². The van der Waals surface area contributed by atoms with Gasteiger partial charge in [0.15, 0.2) is 0 Å². The number of aryl methyl sites for hydroxylation is 1. The molecular weight excluding hydrogens is 230 g/mol. The average molecular weight is 251 g/mol. The summed E-state index contributed by atoms with van der Waals surface area (Å²) in [7, 11) is 0. The van der Waals surface area contributed by atoms with E-state index >= 15 is 0 Å². The van der Waals surface area contributed by atoms with Crippen molar-refractivity contribution in [2.45, 2.75) is 38.8 Å². The Kier molecular flexibility index (Phi) is 3.79. The van der Waals surface area contributed by atoms with Crippen molar-refractivity contribution in [1.29, 1.82) is 0 Å². The molecule has 6 heteroatoms. The lowest BCUT2D eigenvalue weighted by Crippen LogP contribution is -2.42. The van der Waals surface area contributed by atoms with Gasteiger partial charge in [-0.1, -0.05) is 0 Å². The van der Waals surface area contributed by atoms with Crippen molar-refractivity contribution in [2.75, 3.05) is 18.5 Å². The average Bonchev–Trinajstić information content (AvgIpc) is 2.31. The second-order valence-corrected chi connectivity index (χ2v) is 5.23. The van der Waals surface area contributed by atoms with Crippen molar-refractivity contribution in [3.63, 3.8) is 0 Å². The summed E-state index contributed by atoms with van der Waals surface area (Å²) in [6.07, 6.45) is 1.58. The molecule has 0 bridgehead atoms. The van der Waals surface area contributed by atoms with Crippen molar-refractivity contribution in [2.24, 2.45) is 5.84 Å². The number of nitrogens with zero attached hydrogens (tertiary/aromatic N) is 3. The molecule has 0 aliphatic carbocycles. The lowest BCUT2D eigenvalue weighted by atomic mass is 9.94. The molecule has 6 nitrogen and oxygen atoms in total. The van der Waals surface area contributed by atoms with Crippen LogP contribution in [0.2, 0.25) is 0 Å². The van der Waals surface area contributed by atoms with Crippen molar-refractivity contribution in [3.05, 3.63) is 17.6 Å². The Morgan fingerprint density at radius 2 is 2.11 bits per heavy atom. The van der Waals surface area contributed by atoms with Gasteiger partial charge in [0, 0.05) is 24.8 Å². The van der Waals surface area contributed by atoms with E-state index in [4.69, 9.17) is 5.84 Å². The molecule has 1 aromatic heterocycles. The number of nitrogens with one attached hydrogen (secondary N) is 1. The number of hydrogen-bond acceptors (Lipinski definition) is 6. The van der Waals surface area contributed by atoms with E-state index in [9.17, 15) is 5.11 Å². The van der Waals surface area contributed by atoms with Crippen LogP contribution in [0.1, 0.15) is 31.3 Å². The summed E-state index contributed by atoms with van der Waals surface area (Å²) < 4.78 is 0. The highest BCUT2D eigenvalue weighted by atomic mass is 16.3. The molecule has 18 heavy (non-hydrogen) atoms. The molecule has 4 N–H and O–H groups in total. The Balaban J connectivity index is 2.00. The molecule has 0 aromatic carbocycles. The molecule has 0 unspecified atom stereocenters. The minimum Gasteiger partial charge on any atom is -0.390 e. The Morgan fingerprint density at radius 1 is 1.44 bits per heavy atom. The van der Waals surface area contributed by atoms with E-state index in [1.54, 1.807) is 0 Å². The molecule has 0 radical (unpaired) electrons. The summed E-state index contributed by atoms with van der Waals surface area (Å²) in [5, 5.41) is 9.90. The highest BCUT2D eigenvalue weighted by Crippen LogP contribution is 2.22. The molecular formula is C12H21N5O. The summed E-state index contributed by atoms with van der Waals surface area (Å²) in [5.74, 6) is 6.78. The van der Waals surface area contributed by atoms with Crippen LogP contribution in [-0.2, 0) is 6.54 Å². The van der Waals surface area contributed by atoms with Gasteiger partial charge in [0.1, 0.15) is 11.6 Å². The highest BCUT2D eigenvalue weighted by molar-refractivity contribution is 5.33. The minimum atomic E-state index is -0.520. The third-order valence-corrected chi connectivity index (χ3v) is 3.35. The first-order chi connectivity index (χ1) is 8.48. The number of aliphatic hydroxyl groups is 1. The maximum Gasteiger partial charge on any atom is 0.145 e. The predicted octanol–water partition coefficient (Wildman–Crippen LogP) is 0.417. The highest BCUT2D eigenvalue weighted by Gasteiger charge is 2.27. The first-order valence-electron chi connectivity index (χ1n) is 6.24. The van der Waals surface area contributed by atoms with Gasteiger partial charge in [0.2, 0.25) is 0 Å². The van der Waals surface area contributed by atoms with Gasteiger partial charge in [0.25, 0.3) is 0 Å². The lowest BCUT2D eigenvalue weighted by Gasteiger charge is -2.35. The summed E-state index contributed by atoms with van der Waals surface area (Å²) in [4.78, 5) is 11.0. The van der Waals surface area contributed by atoms with E-state index in [0.717, 1.165) is 37.4 Å². The third kappa shape index (κ3) is 3.38. The van der Waals surface area contributed by atoms with E-state index in [0.29, 0.717) is 12.4 Å². The van der Waals surface area contributed by atoms with Crippen LogP contribution in [-0.4, -0.2) is 38.7 Å². The molecule has 2 rings (SSSR count). The lowest BCUT2D eigenvalue weighted by molar-refractivity contribution is -0.00788. The van der Waals surface area contributed by atoms with Gasteiger partial charge in [-0.15, -0.1) is 0 Å². The number of nitrogens with two attached hydrogens (primary N) is 1. The number of anilines is 1. The number of hydrazine groups is 1.